The third-order valence-electron chi connectivity index (χ3n) is 18.4. The Hall–Kier alpha value is -7.54. The molecule has 11 aromatic rings. The molecule has 11 aromatic carbocycles. The molecule has 128 heavy (non-hydrogen) atoms. The summed E-state index contributed by atoms with van der Waals surface area (Å²) in [4.78, 5) is 22.5. The first-order chi connectivity index (χ1) is 59.8. The van der Waals surface area contributed by atoms with E-state index < -0.39 is 34.3 Å². The molecule has 0 spiro atoms. The van der Waals surface area contributed by atoms with E-state index in [1.165, 1.54) is 99.4 Å². The van der Waals surface area contributed by atoms with E-state index in [1.54, 1.807) is 34.0 Å². The number of methoxy groups -OCH3 is 1. The molecule has 10 nitrogen and oxygen atoms in total. The van der Waals surface area contributed by atoms with Crippen LogP contribution in [0.15, 0.2) is 295 Å². The second kappa shape index (κ2) is 63.5. The molecule has 0 aliphatic rings. The fraction of sp³-hybridized carbons (Fsp3) is 0.273. The summed E-state index contributed by atoms with van der Waals surface area (Å²) in [5.41, 5.74) is 25.4. The molecule has 0 aromatic heterocycles. The van der Waals surface area contributed by atoms with Gasteiger partial charge in [0.05, 0.1) is 12.4 Å². The Morgan fingerprint density at radius 2 is 0.719 bits per heavy atom. The molecule has 0 saturated carbocycles. The maximum Gasteiger partial charge on any atom is 1.00 e. The molecule has 0 unspecified atom stereocenters. The van der Waals surface area contributed by atoms with Crippen LogP contribution in [0.25, 0.3) is 48.6 Å². The van der Waals surface area contributed by atoms with Crippen molar-refractivity contribution in [3.63, 3.8) is 0 Å². The number of nitrogens with one attached hydrogen (secondary N) is 2. The van der Waals surface area contributed by atoms with Crippen LogP contribution in [0.3, 0.4) is 0 Å². The van der Waals surface area contributed by atoms with Gasteiger partial charge in [-0.2, -0.15) is 0 Å². The molecule has 0 aliphatic carbocycles. The zero-order valence-electron chi connectivity index (χ0n) is 79.0. The van der Waals surface area contributed by atoms with Gasteiger partial charge in [0.15, 0.2) is 0 Å². The fourth-order valence-electron chi connectivity index (χ4n) is 12.4. The first kappa shape index (κ1) is 118. The minimum absolute atomic E-state index is 0. The Morgan fingerprint density at radius 1 is 0.430 bits per heavy atom. The molecule has 2 amide bonds. The normalized spacial score (nSPS) is 11.2. The molecule has 0 saturated heterocycles. The van der Waals surface area contributed by atoms with Crippen molar-refractivity contribution >= 4 is 165 Å². The van der Waals surface area contributed by atoms with Crippen LogP contribution in [0.1, 0.15) is 171 Å². The summed E-state index contributed by atoms with van der Waals surface area (Å²) in [6.45, 7) is 43.8. The summed E-state index contributed by atoms with van der Waals surface area (Å²) >= 11 is 20.9. The van der Waals surface area contributed by atoms with Gasteiger partial charge in [0, 0.05) is 41.8 Å². The zero-order chi connectivity index (χ0) is 93.8. The van der Waals surface area contributed by atoms with E-state index in [2.05, 4.69) is 381 Å². The Kier molecular flexibility index (Phi) is 58.8. The van der Waals surface area contributed by atoms with E-state index in [4.69, 9.17) is 47.9 Å². The number of amides is 2. The molecule has 11 rings (SSSR count). The monoisotopic (exact) mass is 2020 g/mol. The second-order valence-electron chi connectivity index (χ2n) is 32.3. The molecular weight excluding hydrogens is 1890 g/mol. The van der Waals surface area contributed by atoms with Crippen molar-refractivity contribution in [3.8, 4) is 5.75 Å². The summed E-state index contributed by atoms with van der Waals surface area (Å²) in [6, 6.07) is 91.5. The van der Waals surface area contributed by atoms with Gasteiger partial charge in [0.25, 0.3) is 0 Å². The Morgan fingerprint density at radius 3 is 1.01 bits per heavy atom. The van der Waals surface area contributed by atoms with Crippen molar-refractivity contribution in [2.24, 2.45) is 5.73 Å². The molecule has 0 heterocycles. The Labute approximate surface area is 852 Å². The van der Waals surface area contributed by atoms with Crippen molar-refractivity contribution in [2.75, 3.05) is 45.3 Å². The molecule has 0 radical (unpaired) electrons. The predicted octanol–water partition coefficient (Wildman–Crippen LogP) is 26.5. The maximum atomic E-state index is 11.6. The second-order valence-corrected chi connectivity index (χ2v) is 43.8. The molecular formula is C110H135Br3Cl3KN3O7P. The van der Waals surface area contributed by atoms with Crippen molar-refractivity contribution in [1.82, 2.24) is 10.6 Å². The van der Waals surface area contributed by atoms with Crippen LogP contribution >= 0.6 is 88.3 Å². The molecule has 0 fully saturated rings. The zero-order valence-corrected chi connectivity index (χ0v) is 90.1. The molecule has 0 aliphatic heterocycles. The van der Waals surface area contributed by atoms with Crippen molar-refractivity contribution in [3.05, 3.63) is 389 Å². The number of alkyl halides is 2. The summed E-state index contributed by atoms with van der Waals surface area (Å²) in [6.07, 6.45) is 22.7. The molecule has 18 heteroatoms. The number of benzene rings is 11. The largest absolute Gasteiger partial charge is 1.00 e. The quantitative estimate of drug-likeness (QED) is 0.0212. The molecule has 0 bridgehead atoms. The Bertz CT molecular complexity index is 5030. The number of rotatable bonds is 21. The number of aryl methyl sites for hydroxylation is 8. The number of carbonyl (C=O) groups is 2. The average molecular weight is 2030 g/mol. The van der Waals surface area contributed by atoms with Crippen molar-refractivity contribution in [2.45, 2.75) is 155 Å². The van der Waals surface area contributed by atoms with E-state index in [9.17, 15) is 14.7 Å². The first-order valence-corrected chi connectivity index (χ1v) is 49.3. The topological polar surface area (TPSA) is 144 Å². The summed E-state index contributed by atoms with van der Waals surface area (Å²) < 4.78 is 22.1. The van der Waals surface area contributed by atoms with Crippen LogP contribution in [0.4, 0.5) is 9.59 Å². The molecule has 4 N–H and O–H groups in total. The summed E-state index contributed by atoms with van der Waals surface area (Å²) in [5, 5.41) is 16.7. The van der Waals surface area contributed by atoms with Gasteiger partial charge in [0.1, 0.15) is 17.0 Å². The van der Waals surface area contributed by atoms with Gasteiger partial charge < -0.3 is 40.4 Å². The van der Waals surface area contributed by atoms with Gasteiger partial charge in [-0.15, -0.1) is 47.8 Å². The molecule has 0 atom stereocenters. The van der Waals surface area contributed by atoms with Crippen LogP contribution in [-0.2, 0) is 20.4 Å². The number of alkyl carbamates (subject to hydrolysis) is 2. The van der Waals surface area contributed by atoms with E-state index in [1.807, 2.05) is 116 Å². The summed E-state index contributed by atoms with van der Waals surface area (Å²) in [7, 11) is 1.65. The minimum Gasteiger partial charge on any atom is -0.147 e. The van der Waals surface area contributed by atoms with Crippen LogP contribution < -0.4 is 93.5 Å². The number of halogens is 6. The van der Waals surface area contributed by atoms with E-state index in [-0.39, 0.29) is 69.1 Å². The smallest absolute Gasteiger partial charge is 0.147 e. The van der Waals surface area contributed by atoms with Crippen LogP contribution in [0.2, 0.25) is 0 Å². The van der Waals surface area contributed by atoms with E-state index >= 15 is 0 Å². The maximum absolute atomic E-state index is 11.6. The van der Waals surface area contributed by atoms with Crippen LogP contribution in [-0.4, -0.2) is 74.3 Å². The Balaban J connectivity index is 0.000000767. The number of nitrogens with two attached hydrogens (primary N) is 1. The standard InChI is InChI=1S/C27H26BrP.C24H29NO2.C19H21N.C16H15Br.C8H15NO2.C7H7BrO.C4H9O.C4H10O.CH2Cl2.ClH.K/c1-22-13-12-14-23(2)27(22)21-29(28,24-15-6-3-7-16-24,25-17-8-4-9-18-25)26-19-10-5-11-20-26;1-18-9-6-10-19(2)22(18)15-14-21-12-7-11-20(17-21)13-8-16-25-23(26)27-24(3,4)5;1-15-6-3-7-16(2)19(15)12-11-18-9-4-8-17(14-18)10-5-13-20;1-12-5-3-6-13(2)16(12)10-9-14-7-4-8-15(17)11-14;1-5-6-9-7(10)11-8(2,3)4;1-9-7-4-2-3-6(8)5-7;1-4(2,3)5;1-3-5-4-2;2-1-3;;/h3-20H,21H2,1-2H3;6-15,17H,16H2,1-5H3,(H,25,26);3-12,14H,13,20H2,1-2H3;3-11H,1-2H3;5H,1,6H2,2-4H3,(H,9,10);2-5H,1H3;1-3H3;3-4H2,1-2H3;1H2;1H;/q;;;;;;-1;;;;+1/b;13-8+,15-14?;10-5+,12-11?;10-9+;;;;;;;. The van der Waals surface area contributed by atoms with Gasteiger partial charge in [-0.05, 0) is 217 Å². The van der Waals surface area contributed by atoms with Crippen LogP contribution in [0, 0.1) is 55.4 Å². The number of carbonyl (C=O) groups excluding carboxylic acids is 2. The van der Waals surface area contributed by atoms with Crippen molar-refractivity contribution < 1.29 is 85.0 Å². The van der Waals surface area contributed by atoms with Crippen molar-refractivity contribution in [1.29, 1.82) is 0 Å². The average Bonchev–Trinajstić information content (AvgIpc) is 0.700. The SMILES string of the molecule is C=CCNC(=O)OC(C)(C)C.CC(C)(C)[O-].CCOCC.COc1cccc(Br)c1.Cc1cccc(C)c1/C=C/c1cccc(Br)c1.Cc1cccc(C)c1C=Cc1cccc(/C=C/CN)c1.Cc1cccc(C)c1C=Cc1cccc(/C=C/CNC(=O)OC(C)(C)C)c1.Cc1cccc(C)c1CP(Br)(c1ccccc1)(c1ccccc1)c1ccccc1.Cl.ClCCl.[K+]. The fourth-order valence-corrected chi connectivity index (χ4v) is 21.0. The number of hydrogen-bond acceptors (Lipinski definition) is 8. The minimum atomic E-state index is -2.93. The number of hydrogen-bond donors (Lipinski definition) is 3. The van der Waals surface area contributed by atoms with Gasteiger partial charge in [0.2, 0.25) is 0 Å². The van der Waals surface area contributed by atoms with Gasteiger partial charge in [-0.1, -0.05) is 229 Å². The van der Waals surface area contributed by atoms with E-state index in [0.29, 0.717) is 19.6 Å². The number of ether oxygens (including phenoxy) is 4. The molecule has 680 valence electrons. The third-order valence-corrected chi connectivity index (χ3v) is 28.8. The van der Waals surface area contributed by atoms with Gasteiger partial charge >= 0.3 is 246 Å². The van der Waals surface area contributed by atoms with Gasteiger partial charge in [-0.3, -0.25) is 0 Å². The van der Waals surface area contributed by atoms with Crippen LogP contribution in [0.5, 0.6) is 5.75 Å². The third kappa shape index (κ3) is 47.0. The first-order valence-electron chi connectivity index (χ1n) is 42.2. The van der Waals surface area contributed by atoms with E-state index in [0.717, 1.165) is 45.2 Å². The van der Waals surface area contributed by atoms with Gasteiger partial charge in [-0.25, -0.2) is 9.59 Å². The summed E-state index contributed by atoms with van der Waals surface area (Å²) in [5.74, 6) is 0.879. The predicted molar refractivity (Wildman–Crippen MR) is 567 cm³/mol.